The van der Waals surface area contributed by atoms with Gasteiger partial charge >= 0.3 is 0 Å². The molecule has 2 heterocycles. The Morgan fingerprint density at radius 2 is 1.81 bits per heavy atom. The fourth-order valence-electron chi connectivity index (χ4n) is 2.73. The molecule has 6 heteroatoms. The summed E-state index contributed by atoms with van der Waals surface area (Å²) in [5, 5.41) is 4.69. The van der Waals surface area contributed by atoms with E-state index in [4.69, 9.17) is 4.42 Å². The third kappa shape index (κ3) is 3.56. The smallest absolute Gasteiger partial charge is 0.256 e. The number of carbonyl (C=O) groups excluding carboxylic acids is 2. The highest BCUT2D eigenvalue weighted by atomic mass is 32.1. The molecular weight excluding hydrogens is 360 g/mol. The van der Waals surface area contributed by atoms with Crippen LogP contribution in [-0.4, -0.2) is 16.7 Å². The lowest BCUT2D eigenvalue weighted by atomic mass is 10.0. The summed E-state index contributed by atoms with van der Waals surface area (Å²) in [5.74, 6) is 0.107. The molecule has 0 unspecified atom stereocenters. The summed E-state index contributed by atoms with van der Waals surface area (Å²) in [4.78, 5) is 30.0. The first-order valence-corrected chi connectivity index (χ1v) is 9.08. The molecule has 5 nitrogen and oxygen atoms in total. The number of aromatic nitrogens is 1. The lowest BCUT2D eigenvalue weighted by Gasteiger charge is -2.10. The molecule has 4 aromatic rings. The Hall–Kier alpha value is -3.51. The van der Waals surface area contributed by atoms with Gasteiger partial charge in [0.25, 0.3) is 5.91 Å². The Bertz CT molecular complexity index is 1090. The van der Waals surface area contributed by atoms with E-state index in [-0.39, 0.29) is 11.7 Å². The number of hydrogen-bond acceptors (Lipinski definition) is 5. The minimum Gasteiger partial charge on any atom is -0.444 e. The van der Waals surface area contributed by atoms with Gasteiger partial charge in [0.1, 0.15) is 0 Å². The number of carbonyl (C=O) groups is 2. The number of anilines is 1. The molecule has 2 aromatic carbocycles. The van der Waals surface area contributed by atoms with Crippen LogP contribution in [0.4, 0.5) is 5.69 Å². The minimum atomic E-state index is -0.342. The molecule has 0 spiro atoms. The average molecular weight is 374 g/mol. The van der Waals surface area contributed by atoms with Crippen molar-refractivity contribution in [1.29, 1.82) is 0 Å². The molecule has 132 valence electrons. The third-order valence-corrected chi connectivity index (χ3v) is 4.87. The molecule has 1 N–H and O–H groups in total. The topological polar surface area (TPSA) is 72.2 Å². The number of benzene rings is 2. The number of thiophene rings is 1. The summed E-state index contributed by atoms with van der Waals surface area (Å²) in [7, 11) is 0. The van der Waals surface area contributed by atoms with E-state index in [0.717, 1.165) is 5.56 Å². The number of nitrogens with zero attached hydrogens (tertiary/aromatic N) is 1. The zero-order valence-corrected chi connectivity index (χ0v) is 14.9. The van der Waals surface area contributed by atoms with E-state index in [1.807, 2.05) is 23.6 Å². The Morgan fingerprint density at radius 3 is 2.56 bits per heavy atom. The zero-order chi connectivity index (χ0) is 18.6. The van der Waals surface area contributed by atoms with Crippen molar-refractivity contribution in [2.75, 3.05) is 5.32 Å². The highest BCUT2D eigenvalue weighted by Crippen LogP contribution is 2.23. The van der Waals surface area contributed by atoms with Crippen LogP contribution in [0.2, 0.25) is 0 Å². The highest BCUT2D eigenvalue weighted by molar-refractivity contribution is 7.12. The Kier molecular flexibility index (Phi) is 4.63. The number of ketones is 1. The number of rotatable bonds is 5. The molecule has 0 aliphatic rings. The van der Waals surface area contributed by atoms with Gasteiger partial charge in [-0.15, -0.1) is 11.3 Å². The van der Waals surface area contributed by atoms with Gasteiger partial charge in [0, 0.05) is 16.8 Å². The summed E-state index contributed by atoms with van der Waals surface area (Å²) in [5.41, 5.74) is 2.12. The Morgan fingerprint density at radius 1 is 0.963 bits per heavy atom. The summed E-state index contributed by atoms with van der Waals surface area (Å²) < 4.78 is 5.29. The molecule has 4 rings (SSSR count). The zero-order valence-electron chi connectivity index (χ0n) is 14.1. The first kappa shape index (κ1) is 16.9. The highest BCUT2D eigenvalue weighted by Gasteiger charge is 2.19. The van der Waals surface area contributed by atoms with Crippen molar-refractivity contribution < 1.29 is 14.0 Å². The standard InChI is InChI=1S/C21H14N2O3S/c24-20(19-9-4-10-27-19)16-7-1-2-8-17(16)21(25)23-15-6-3-5-14(11-15)18-12-22-13-26-18/h1-13H,(H,23,25). The first-order valence-electron chi connectivity index (χ1n) is 8.20. The summed E-state index contributed by atoms with van der Waals surface area (Å²) in [6.45, 7) is 0. The minimum absolute atomic E-state index is 0.161. The van der Waals surface area contributed by atoms with Crippen LogP contribution >= 0.6 is 11.3 Å². The molecule has 0 aliphatic heterocycles. The maximum absolute atomic E-state index is 12.8. The number of amides is 1. The number of hydrogen-bond donors (Lipinski definition) is 1. The Balaban J connectivity index is 1.61. The average Bonchev–Trinajstić information content (AvgIpc) is 3.41. The maximum atomic E-state index is 12.8. The van der Waals surface area contributed by atoms with E-state index in [9.17, 15) is 9.59 Å². The van der Waals surface area contributed by atoms with Gasteiger partial charge in [0.15, 0.2) is 12.2 Å². The van der Waals surface area contributed by atoms with Gasteiger partial charge < -0.3 is 9.73 Å². The van der Waals surface area contributed by atoms with Crippen molar-refractivity contribution in [3.05, 3.63) is 94.6 Å². The van der Waals surface area contributed by atoms with E-state index in [0.29, 0.717) is 27.5 Å². The summed E-state index contributed by atoms with van der Waals surface area (Å²) >= 11 is 1.35. The molecule has 0 radical (unpaired) electrons. The van der Waals surface area contributed by atoms with Crippen LogP contribution in [-0.2, 0) is 0 Å². The monoisotopic (exact) mass is 374 g/mol. The largest absolute Gasteiger partial charge is 0.444 e. The van der Waals surface area contributed by atoms with Gasteiger partial charge in [-0.2, -0.15) is 0 Å². The van der Waals surface area contributed by atoms with Crippen molar-refractivity contribution >= 4 is 28.7 Å². The lowest BCUT2D eigenvalue weighted by Crippen LogP contribution is -2.16. The quantitative estimate of drug-likeness (QED) is 0.505. The molecule has 1 amide bonds. The van der Waals surface area contributed by atoms with Gasteiger partial charge in [-0.05, 0) is 29.6 Å². The summed E-state index contributed by atoms with van der Waals surface area (Å²) in [6, 6.07) is 17.6. The van der Waals surface area contributed by atoms with Crippen LogP contribution < -0.4 is 5.32 Å². The molecular formula is C21H14N2O3S. The predicted molar refractivity (Wildman–Crippen MR) is 104 cm³/mol. The Labute approximate surface area is 159 Å². The first-order chi connectivity index (χ1) is 13.2. The molecule has 0 aliphatic carbocycles. The van der Waals surface area contributed by atoms with E-state index >= 15 is 0 Å². The molecule has 0 saturated heterocycles. The van der Waals surface area contributed by atoms with Crippen LogP contribution in [0.25, 0.3) is 11.3 Å². The fraction of sp³-hybridized carbons (Fsp3) is 0. The van der Waals surface area contributed by atoms with Crippen LogP contribution in [0.1, 0.15) is 25.6 Å². The third-order valence-electron chi connectivity index (χ3n) is 4.00. The van der Waals surface area contributed by atoms with Gasteiger partial charge in [-0.1, -0.05) is 36.4 Å². The van der Waals surface area contributed by atoms with E-state index in [1.165, 1.54) is 17.7 Å². The van der Waals surface area contributed by atoms with Crippen molar-refractivity contribution in [2.24, 2.45) is 0 Å². The molecule has 27 heavy (non-hydrogen) atoms. The van der Waals surface area contributed by atoms with E-state index in [1.54, 1.807) is 48.7 Å². The molecule has 0 bridgehead atoms. The van der Waals surface area contributed by atoms with E-state index in [2.05, 4.69) is 10.3 Å². The second-order valence-electron chi connectivity index (χ2n) is 5.75. The lowest BCUT2D eigenvalue weighted by molar-refractivity contribution is 0.0998. The SMILES string of the molecule is O=C(Nc1cccc(-c2cnco2)c1)c1ccccc1C(=O)c1cccs1. The van der Waals surface area contributed by atoms with Crippen molar-refractivity contribution in [1.82, 2.24) is 4.98 Å². The van der Waals surface area contributed by atoms with Crippen LogP contribution in [0, 0.1) is 0 Å². The van der Waals surface area contributed by atoms with Crippen molar-refractivity contribution in [2.45, 2.75) is 0 Å². The molecule has 0 fully saturated rings. The van der Waals surface area contributed by atoms with Crippen molar-refractivity contribution in [3.63, 3.8) is 0 Å². The van der Waals surface area contributed by atoms with Gasteiger partial charge in [-0.3, -0.25) is 9.59 Å². The van der Waals surface area contributed by atoms with Crippen LogP contribution in [0.3, 0.4) is 0 Å². The van der Waals surface area contributed by atoms with Gasteiger partial charge in [-0.25, -0.2) is 4.98 Å². The summed E-state index contributed by atoms with van der Waals surface area (Å²) in [6.07, 6.45) is 2.96. The fourth-order valence-corrected chi connectivity index (χ4v) is 3.40. The molecule has 0 atom stereocenters. The van der Waals surface area contributed by atoms with Gasteiger partial charge in [0.2, 0.25) is 5.78 Å². The molecule has 0 saturated carbocycles. The number of nitrogens with one attached hydrogen (secondary N) is 1. The molecule has 2 aromatic heterocycles. The van der Waals surface area contributed by atoms with Crippen molar-refractivity contribution in [3.8, 4) is 11.3 Å². The predicted octanol–water partition coefficient (Wildman–Crippen LogP) is 4.89. The van der Waals surface area contributed by atoms with Gasteiger partial charge in [0.05, 0.1) is 16.6 Å². The van der Waals surface area contributed by atoms with Crippen LogP contribution in [0.15, 0.2) is 83.1 Å². The number of oxazole rings is 1. The maximum Gasteiger partial charge on any atom is 0.256 e. The van der Waals surface area contributed by atoms with Crippen LogP contribution in [0.5, 0.6) is 0 Å². The van der Waals surface area contributed by atoms with E-state index < -0.39 is 0 Å². The second kappa shape index (κ2) is 7.39. The second-order valence-corrected chi connectivity index (χ2v) is 6.70. The normalized spacial score (nSPS) is 10.5.